The maximum atomic E-state index is 5.19. The highest BCUT2D eigenvalue weighted by molar-refractivity contribution is 4.90. The first-order valence-electron chi connectivity index (χ1n) is 4.23. The summed E-state index contributed by atoms with van der Waals surface area (Å²) < 4.78 is 1.88. The molecule has 1 aromatic heterocycles. The second-order valence-electron chi connectivity index (χ2n) is 3.05. The first-order valence-corrected chi connectivity index (χ1v) is 4.23. The zero-order valence-corrected chi connectivity index (χ0v) is 7.99. The van der Waals surface area contributed by atoms with Gasteiger partial charge in [-0.15, -0.1) is 22.5 Å². The lowest BCUT2D eigenvalue weighted by Crippen LogP contribution is -2.26. The fourth-order valence-electron chi connectivity index (χ4n) is 0.982. The SMILES string of the molecule is C#CCC(C)NCc1nncn1C. The predicted molar refractivity (Wildman–Crippen MR) is 50.8 cm³/mol. The van der Waals surface area contributed by atoms with Crippen molar-refractivity contribution in [2.75, 3.05) is 0 Å². The first kappa shape index (κ1) is 9.75. The molecule has 0 aliphatic rings. The number of aryl methyl sites for hydroxylation is 1. The fraction of sp³-hybridized carbons (Fsp3) is 0.556. The van der Waals surface area contributed by atoms with Gasteiger partial charge in [-0.1, -0.05) is 0 Å². The van der Waals surface area contributed by atoms with Crippen molar-refractivity contribution < 1.29 is 0 Å². The monoisotopic (exact) mass is 178 g/mol. The summed E-state index contributed by atoms with van der Waals surface area (Å²) in [6.45, 7) is 2.76. The average molecular weight is 178 g/mol. The summed E-state index contributed by atoms with van der Waals surface area (Å²) in [7, 11) is 1.92. The number of nitrogens with zero attached hydrogens (tertiary/aromatic N) is 3. The van der Waals surface area contributed by atoms with Crippen LogP contribution < -0.4 is 5.32 Å². The van der Waals surface area contributed by atoms with E-state index in [-0.39, 0.29) is 0 Å². The van der Waals surface area contributed by atoms with Gasteiger partial charge in [0.15, 0.2) is 0 Å². The van der Waals surface area contributed by atoms with E-state index in [9.17, 15) is 0 Å². The second kappa shape index (κ2) is 4.63. The van der Waals surface area contributed by atoms with E-state index < -0.39 is 0 Å². The molecule has 1 atom stereocenters. The van der Waals surface area contributed by atoms with Gasteiger partial charge in [0.25, 0.3) is 0 Å². The number of nitrogens with one attached hydrogen (secondary N) is 1. The number of rotatable bonds is 4. The zero-order chi connectivity index (χ0) is 9.68. The van der Waals surface area contributed by atoms with E-state index >= 15 is 0 Å². The highest BCUT2D eigenvalue weighted by Gasteiger charge is 2.02. The van der Waals surface area contributed by atoms with Crippen LogP contribution in [0.1, 0.15) is 19.2 Å². The van der Waals surface area contributed by atoms with Crippen LogP contribution in [0.3, 0.4) is 0 Å². The highest BCUT2D eigenvalue weighted by Crippen LogP contribution is 1.93. The summed E-state index contributed by atoms with van der Waals surface area (Å²) in [5.41, 5.74) is 0. The Kier molecular flexibility index (Phi) is 3.47. The molecule has 0 aromatic carbocycles. The number of hydrogen-bond acceptors (Lipinski definition) is 3. The molecule has 0 radical (unpaired) electrons. The van der Waals surface area contributed by atoms with Crippen molar-refractivity contribution in [1.29, 1.82) is 0 Å². The summed E-state index contributed by atoms with van der Waals surface area (Å²) in [4.78, 5) is 0. The molecule has 4 nitrogen and oxygen atoms in total. The van der Waals surface area contributed by atoms with Gasteiger partial charge >= 0.3 is 0 Å². The maximum Gasteiger partial charge on any atom is 0.146 e. The van der Waals surface area contributed by atoms with Crippen molar-refractivity contribution in [2.24, 2.45) is 7.05 Å². The van der Waals surface area contributed by atoms with Gasteiger partial charge in [0.05, 0.1) is 6.54 Å². The van der Waals surface area contributed by atoms with Gasteiger partial charge in [0, 0.05) is 19.5 Å². The van der Waals surface area contributed by atoms with E-state index in [2.05, 4.69) is 28.4 Å². The number of hydrogen-bond donors (Lipinski definition) is 1. The Morgan fingerprint density at radius 3 is 3.08 bits per heavy atom. The van der Waals surface area contributed by atoms with Crippen molar-refractivity contribution in [3.63, 3.8) is 0 Å². The van der Waals surface area contributed by atoms with Crippen LogP contribution in [0.2, 0.25) is 0 Å². The van der Waals surface area contributed by atoms with Gasteiger partial charge < -0.3 is 9.88 Å². The van der Waals surface area contributed by atoms with E-state index in [1.807, 2.05) is 11.6 Å². The quantitative estimate of drug-likeness (QED) is 0.675. The third kappa shape index (κ3) is 2.88. The van der Waals surface area contributed by atoms with Crippen molar-refractivity contribution in [1.82, 2.24) is 20.1 Å². The van der Waals surface area contributed by atoms with Crippen LogP contribution in [-0.2, 0) is 13.6 Å². The standard InChI is InChI=1S/C9H14N4/c1-4-5-8(2)10-6-9-12-11-7-13(9)3/h1,7-8,10H,5-6H2,2-3H3. The van der Waals surface area contributed by atoms with Gasteiger partial charge in [-0.05, 0) is 6.92 Å². The first-order chi connectivity index (χ1) is 6.24. The van der Waals surface area contributed by atoms with E-state index in [0.717, 1.165) is 12.2 Å². The normalized spacial score (nSPS) is 12.4. The van der Waals surface area contributed by atoms with Crippen molar-refractivity contribution in [2.45, 2.75) is 25.9 Å². The largest absolute Gasteiger partial charge is 0.320 e. The van der Waals surface area contributed by atoms with Crippen LogP contribution in [0, 0.1) is 12.3 Å². The van der Waals surface area contributed by atoms with Gasteiger partial charge in [-0.3, -0.25) is 0 Å². The van der Waals surface area contributed by atoms with Crippen LogP contribution in [0.15, 0.2) is 6.33 Å². The molecule has 0 saturated carbocycles. The van der Waals surface area contributed by atoms with Crippen LogP contribution in [0.4, 0.5) is 0 Å². The maximum absolute atomic E-state index is 5.19. The molecule has 0 amide bonds. The molecule has 1 heterocycles. The van der Waals surface area contributed by atoms with E-state index in [1.165, 1.54) is 0 Å². The minimum Gasteiger partial charge on any atom is -0.320 e. The van der Waals surface area contributed by atoms with Gasteiger partial charge in [-0.25, -0.2) is 0 Å². The Bertz CT molecular complexity index is 297. The summed E-state index contributed by atoms with van der Waals surface area (Å²) in [5.74, 6) is 3.53. The smallest absolute Gasteiger partial charge is 0.146 e. The Hall–Kier alpha value is -1.34. The Morgan fingerprint density at radius 2 is 2.54 bits per heavy atom. The number of terminal acetylenes is 1. The van der Waals surface area contributed by atoms with Crippen LogP contribution >= 0.6 is 0 Å². The average Bonchev–Trinajstić information content (AvgIpc) is 2.48. The molecule has 0 spiro atoms. The fourth-order valence-corrected chi connectivity index (χ4v) is 0.982. The summed E-state index contributed by atoms with van der Waals surface area (Å²) in [6.07, 6.45) is 7.60. The van der Waals surface area contributed by atoms with E-state index in [1.54, 1.807) is 6.33 Å². The van der Waals surface area contributed by atoms with Crippen LogP contribution in [-0.4, -0.2) is 20.8 Å². The molecular formula is C9H14N4. The second-order valence-corrected chi connectivity index (χ2v) is 3.05. The van der Waals surface area contributed by atoms with Crippen LogP contribution in [0.25, 0.3) is 0 Å². The van der Waals surface area contributed by atoms with Crippen molar-refractivity contribution >= 4 is 0 Å². The molecule has 13 heavy (non-hydrogen) atoms. The molecule has 1 aromatic rings. The van der Waals surface area contributed by atoms with Crippen molar-refractivity contribution in [3.05, 3.63) is 12.2 Å². The van der Waals surface area contributed by atoms with E-state index in [4.69, 9.17) is 6.42 Å². The lowest BCUT2D eigenvalue weighted by Gasteiger charge is -2.09. The molecule has 4 heteroatoms. The molecule has 0 aliphatic carbocycles. The molecular weight excluding hydrogens is 164 g/mol. The van der Waals surface area contributed by atoms with E-state index in [0.29, 0.717) is 12.6 Å². The third-order valence-electron chi connectivity index (χ3n) is 1.84. The molecule has 0 saturated heterocycles. The molecule has 0 aliphatic heterocycles. The molecule has 0 bridgehead atoms. The minimum atomic E-state index is 0.321. The summed E-state index contributed by atoms with van der Waals surface area (Å²) in [6, 6.07) is 0.321. The molecule has 1 rings (SSSR count). The molecule has 70 valence electrons. The predicted octanol–water partition coefficient (Wildman–Crippen LogP) is 0.316. The Labute approximate surface area is 78.4 Å². The minimum absolute atomic E-state index is 0.321. The summed E-state index contributed by atoms with van der Waals surface area (Å²) >= 11 is 0. The lowest BCUT2D eigenvalue weighted by atomic mass is 10.2. The third-order valence-corrected chi connectivity index (χ3v) is 1.84. The summed E-state index contributed by atoms with van der Waals surface area (Å²) in [5, 5.41) is 11.0. The molecule has 1 unspecified atom stereocenters. The zero-order valence-electron chi connectivity index (χ0n) is 7.99. The van der Waals surface area contributed by atoms with Gasteiger partial charge in [0.2, 0.25) is 0 Å². The Morgan fingerprint density at radius 1 is 1.77 bits per heavy atom. The van der Waals surface area contributed by atoms with Gasteiger partial charge in [0.1, 0.15) is 12.2 Å². The molecule has 1 N–H and O–H groups in total. The lowest BCUT2D eigenvalue weighted by molar-refractivity contribution is 0.536. The van der Waals surface area contributed by atoms with Gasteiger partial charge in [-0.2, -0.15) is 0 Å². The van der Waals surface area contributed by atoms with Crippen molar-refractivity contribution in [3.8, 4) is 12.3 Å². The highest BCUT2D eigenvalue weighted by atomic mass is 15.3. The Balaban J connectivity index is 2.36. The number of aromatic nitrogens is 3. The van der Waals surface area contributed by atoms with Crippen LogP contribution in [0.5, 0.6) is 0 Å². The topological polar surface area (TPSA) is 42.7 Å². The molecule has 0 fully saturated rings.